The molecule has 2 aliphatic rings. The third kappa shape index (κ3) is 1.66. The molecular formula is C11H12O4. The second-order valence-electron chi connectivity index (χ2n) is 4.35. The number of carbonyl (C=O) groups excluding carboxylic acids is 2. The van der Waals surface area contributed by atoms with E-state index in [-0.39, 0.29) is 35.6 Å². The molecule has 0 bridgehead atoms. The molecule has 0 aromatic heterocycles. The van der Waals surface area contributed by atoms with Crippen LogP contribution in [-0.4, -0.2) is 33.5 Å². The number of allylic oxidation sites excluding steroid dienone is 2. The van der Waals surface area contributed by atoms with Crippen LogP contribution in [0.3, 0.4) is 0 Å². The Morgan fingerprint density at radius 3 is 2.60 bits per heavy atom. The number of aliphatic hydroxyl groups excluding tert-OH is 1. The molecule has 0 unspecified atom stereocenters. The van der Waals surface area contributed by atoms with Gasteiger partial charge in [0.15, 0.2) is 11.6 Å². The van der Waals surface area contributed by atoms with Crippen molar-refractivity contribution in [2.75, 3.05) is 0 Å². The Kier molecular flexibility index (Phi) is 2.13. The largest absolute Gasteiger partial charge is 0.390 e. The molecule has 0 amide bonds. The number of hydrogen-bond donors (Lipinski definition) is 2. The number of aliphatic hydroxyl groups is 2. The molecule has 15 heavy (non-hydrogen) atoms. The predicted octanol–water partition coefficient (Wildman–Crippen LogP) is -0.103. The maximum atomic E-state index is 11.5. The van der Waals surface area contributed by atoms with E-state index in [0.29, 0.717) is 0 Å². The molecule has 4 heteroatoms. The van der Waals surface area contributed by atoms with Crippen molar-refractivity contribution in [3.63, 3.8) is 0 Å². The highest BCUT2D eigenvalue weighted by molar-refractivity contribution is 6.20. The van der Waals surface area contributed by atoms with Gasteiger partial charge < -0.3 is 10.2 Å². The van der Waals surface area contributed by atoms with Crippen molar-refractivity contribution in [3.8, 4) is 0 Å². The molecule has 0 heterocycles. The first-order chi connectivity index (χ1) is 6.91. The summed E-state index contributed by atoms with van der Waals surface area (Å²) in [7, 11) is 0. The van der Waals surface area contributed by atoms with E-state index < -0.39 is 11.7 Å². The second-order valence-corrected chi connectivity index (χ2v) is 4.35. The summed E-state index contributed by atoms with van der Waals surface area (Å²) in [6, 6.07) is 0. The lowest BCUT2D eigenvalue weighted by Crippen LogP contribution is -2.40. The Morgan fingerprint density at radius 2 is 1.93 bits per heavy atom. The first kappa shape index (κ1) is 10.3. The van der Waals surface area contributed by atoms with Crippen molar-refractivity contribution < 1.29 is 19.8 Å². The summed E-state index contributed by atoms with van der Waals surface area (Å²) in [4.78, 5) is 22.9. The van der Waals surface area contributed by atoms with Gasteiger partial charge in [-0.05, 0) is 19.1 Å². The predicted molar refractivity (Wildman–Crippen MR) is 52.0 cm³/mol. The molecule has 0 spiro atoms. The van der Waals surface area contributed by atoms with E-state index in [1.807, 2.05) is 0 Å². The van der Waals surface area contributed by atoms with Crippen LogP contribution in [-0.2, 0) is 9.59 Å². The molecule has 4 nitrogen and oxygen atoms in total. The van der Waals surface area contributed by atoms with Gasteiger partial charge in [-0.1, -0.05) is 0 Å². The lowest BCUT2D eigenvalue weighted by Gasteiger charge is -2.34. The van der Waals surface area contributed by atoms with Crippen LogP contribution < -0.4 is 0 Å². The zero-order valence-corrected chi connectivity index (χ0v) is 8.36. The van der Waals surface area contributed by atoms with Crippen LogP contribution in [0.25, 0.3) is 0 Å². The van der Waals surface area contributed by atoms with Crippen LogP contribution in [0.2, 0.25) is 0 Å². The number of rotatable bonds is 0. The Hall–Kier alpha value is -1.26. The van der Waals surface area contributed by atoms with Gasteiger partial charge in [0, 0.05) is 24.0 Å². The Bertz CT molecular complexity index is 401. The molecular weight excluding hydrogens is 196 g/mol. The Labute approximate surface area is 86.9 Å². The maximum absolute atomic E-state index is 11.5. The molecule has 0 radical (unpaired) electrons. The minimum Gasteiger partial charge on any atom is -0.390 e. The molecule has 80 valence electrons. The van der Waals surface area contributed by atoms with Gasteiger partial charge in [-0.3, -0.25) is 9.59 Å². The molecule has 0 fully saturated rings. The van der Waals surface area contributed by atoms with E-state index in [4.69, 9.17) is 0 Å². The monoisotopic (exact) mass is 208 g/mol. The van der Waals surface area contributed by atoms with Gasteiger partial charge in [-0.2, -0.15) is 0 Å². The summed E-state index contributed by atoms with van der Waals surface area (Å²) in [5.74, 6) is -0.615. The van der Waals surface area contributed by atoms with Crippen LogP contribution in [0.5, 0.6) is 0 Å². The van der Waals surface area contributed by atoms with Crippen LogP contribution in [0.1, 0.15) is 19.8 Å². The first-order valence-corrected chi connectivity index (χ1v) is 4.81. The normalized spacial score (nSPS) is 35.8. The first-order valence-electron chi connectivity index (χ1n) is 4.81. The van der Waals surface area contributed by atoms with E-state index >= 15 is 0 Å². The third-order valence-corrected chi connectivity index (χ3v) is 2.80. The van der Waals surface area contributed by atoms with Gasteiger partial charge in [0.25, 0.3) is 0 Å². The van der Waals surface area contributed by atoms with E-state index in [2.05, 4.69) is 0 Å². The number of hydrogen-bond acceptors (Lipinski definition) is 4. The van der Waals surface area contributed by atoms with Crippen LogP contribution >= 0.6 is 0 Å². The van der Waals surface area contributed by atoms with Crippen molar-refractivity contribution in [3.05, 3.63) is 23.3 Å². The van der Waals surface area contributed by atoms with Gasteiger partial charge in [-0.15, -0.1) is 0 Å². The molecule has 0 aromatic carbocycles. The van der Waals surface area contributed by atoms with Gasteiger partial charge in [0.2, 0.25) is 0 Å². The fraction of sp³-hybridized carbons (Fsp3) is 0.455. The zero-order chi connectivity index (χ0) is 11.2. The molecule has 0 aliphatic heterocycles. The summed E-state index contributed by atoms with van der Waals surface area (Å²) in [6.45, 7) is 1.55. The molecule has 2 atom stereocenters. The van der Waals surface area contributed by atoms with Crippen molar-refractivity contribution in [1.82, 2.24) is 0 Å². The second kappa shape index (κ2) is 3.12. The van der Waals surface area contributed by atoms with E-state index in [0.717, 1.165) is 0 Å². The van der Waals surface area contributed by atoms with Crippen molar-refractivity contribution in [2.24, 2.45) is 0 Å². The average molecular weight is 208 g/mol. The average Bonchev–Trinajstić information content (AvgIpc) is 2.09. The molecule has 2 aliphatic carbocycles. The van der Waals surface area contributed by atoms with Gasteiger partial charge >= 0.3 is 0 Å². The topological polar surface area (TPSA) is 74.6 Å². The lowest BCUT2D eigenvalue weighted by molar-refractivity contribution is -0.118. The highest BCUT2D eigenvalue weighted by Crippen LogP contribution is 2.35. The van der Waals surface area contributed by atoms with Crippen molar-refractivity contribution >= 4 is 11.6 Å². The van der Waals surface area contributed by atoms with Crippen LogP contribution in [0.15, 0.2) is 23.3 Å². The quantitative estimate of drug-likeness (QED) is 0.545. The number of carbonyl (C=O) groups is 2. The van der Waals surface area contributed by atoms with Crippen LogP contribution in [0.4, 0.5) is 0 Å². The van der Waals surface area contributed by atoms with Gasteiger partial charge in [0.1, 0.15) is 0 Å². The fourth-order valence-electron chi connectivity index (χ4n) is 2.14. The van der Waals surface area contributed by atoms with E-state index in [1.165, 1.54) is 12.2 Å². The smallest absolute Gasteiger partial charge is 0.184 e. The highest BCUT2D eigenvalue weighted by atomic mass is 16.3. The lowest BCUT2D eigenvalue weighted by atomic mass is 9.75. The van der Waals surface area contributed by atoms with Gasteiger partial charge in [-0.25, -0.2) is 0 Å². The van der Waals surface area contributed by atoms with Crippen molar-refractivity contribution in [2.45, 2.75) is 31.5 Å². The minimum absolute atomic E-state index is 0.0959. The summed E-state index contributed by atoms with van der Waals surface area (Å²) in [5.41, 5.74) is -0.695. The minimum atomic E-state index is -1.11. The van der Waals surface area contributed by atoms with Gasteiger partial charge in [0.05, 0.1) is 11.7 Å². The molecule has 2 rings (SSSR count). The SMILES string of the molecule is C[C@]1(O)CC2=C(C(=O)C=CC2=O)[C@H](O)C1. The zero-order valence-electron chi connectivity index (χ0n) is 8.36. The summed E-state index contributed by atoms with van der Waals surface area (Å²) in [6.07, 6.45) is 1.55. The van der Waals surface area contributed by atoms with E-state index in [1.54, 1.807) is 6.92 Å². The molecule has 2 N–H and O–H groups in total. The molecule has 0 aromatic rings. The molecule has 0 saturated heterocycles. The van der Waals surface area contributed by atoms with Crippen molar-refractivity contribution in [1.29, 1.82) is 0 Å². The summed E-state index contributed by atoms with van der Waals surface area (Å²) >= 11 is 0. The third-order valence-electron chi connectivity index (χ3n) is 2.80. The van der Waals surface area contributed by atoms with E-state index in [9.17, 15) is 19.8 Å². The number of ketones is 2. The Morgan fingerprint density at radius 1 is 1.33 bits per heavy atom. The van der Waals surface area contributed by atoms with Crippen LogP contribution in [0, 0.1) is 0 Å². The summed E-state index contributed by atoms with van der Waals surface area (Å²) < 4.78 is 0. The Balaban J connectivity index is 2.48. The summed E-state index contributed by atoms with van der Waals surface area (Å²) in [5, 5.41) is 19.5. The highest BCUT2D eigenvalue weighted by Gasteiger charge is 2.39. The fourth-order valence-corrected chi connectivity index (χ4v) is 2.14. The standard InChI is InChI=1S/C11H12O4/c1-11(15)4-6-7(12)2-3-8(13)10(6)9(14)5-11/h2-3,9,14-15H,4-5H2,1H3/t9-,11+/m1/s1. The maximum Gasteiger partial charge on any atom is 0.184 e. The molecule has 0 saturated carbocycles.